The Morgan fingerprint density at radius 3 is 3.00 bits per heavy atom. The number of anilines is 1. The number of nitrogens with zero attached hydrogens (tertiary/aromatic N) is 2. The fourth-order valence-electron chi connectivity index (χ4n) is 1.23. The van der Waals surface area contributed by atoms with Crippen molar-refractivity contribution in [2.75, 3.05) is 5.73 Å². The first-order chi connectivity index (χ1) is 8.19. The lowest BCUT2D eigenvalue weighted by molar-refractivity contribution is 0.0946. The summed E-state index contributed by atoms with van der Waals surface area (Å²) in [6, 6.07) is 0. The van der Waals surface area contributed by atoms with Crippen LogP contribution in [0.1, 0.15) is 27.3 Å². The average Bonchev–Trinajstić information content (AvgIpc) is 2.94. The molecular weight excluding hydrogens is 256 g/mol. The van der Waals surface area contributed by atoms with Gasteiger partial charge in [0.1, 0.15) is 10.7 Å². The lowest BCUT2D eigenvalue weighted by atomic mass is 10.4. The Hall–Kier alpha value is -1.47. The summed E-state index contributed by atoms with van der Waals surface area (Å²) >= 11 is 2.86. The summed E-state index contributed by atoms with van der Waals surface area (Å²) < 4.78 is 0. The molecule has 0 aliphatic heterocycles. The number of nitrogens with one attached hydrogen (secondary N) is 1. The normalized spacial score (nSPS) is 10.4. The minimum atomic E-state index is -0.216. The van der Waals surface area contributed by atoms with Crippen molar-refractivity contribution >= 4 is 33.7 Å². The van der Waals surface area contributed by atoms with Gasteiger partial charge in [0.15, 0.2) is 5.13 Å². The molecule has 0 radical (unpaired) electrons. The molecule has 17 heavy (non-hydrogen) atoms. The first kappa shape index (κ1) is 12.0. The zero-order valence-electron chi connectivity index (χ0n) is 9.27. The predicted molar refractivity (Wildman–Crippen MR) is 69.2 cm³/mol. The molecule has 2 aromatic heterocycles. The van der Waals surface area contributed by atoms with Crippen LogP contribution < -0.4 is 11.1 Å². The highest BCUT2D eigenvalue weighted by molar-refractivity contribution is 7.13. The van der Waals surface area contributed by atoms with E-state index in [9.17, 15) is 4.79 Å². The summed E-state index contributed by atoms with van der Waals surface area (Å²) in [5, 5.41) is 5.71. The van der Waals surface area contributed by atoms with Gasteiger partial charge in [-0.1, -0.05) is 6.92 Å². The van der Waals surface area contributed by atoms with Crippen LogP contribution in [0.3, 0.4) is 0 Å². The van der Waals surface area contributed by atoms with Gasteiger partial charge in [-0.2, -0.15) is 0 Å². The molecule has 0 fully saturated rings. The van der Waals surface area contributed by atoms with E-state index in [0.29, 0.717) is 17.4 Å². The number of aromatic nitrogens is 2. The number of carbonyl (C=O) groups is 1. The number of hydrogen-bond acceptors (Lipinski definition) is 6. The SMILES string of the molecule is CCc1cnc(CNC(=O)c2csc(N)n2)s1. The van der Waals surface area contributed by atoms with E-state index in [2.05, 4.69) is 22.2 Å². The zero-order valence-corrected chi connectivity index (χ0v) is 10.9. The molecule has 5 nitrogen and oxygen atoms in total. The molecule has 0 bridgehead atoms. The molecular formula is C10H12N4OS2. The van der Waals surface area contributed by atoms with E-state index in [1.165, 1.54) is 16.2 Å². The number of nitrogen functional groups attached to an aromatic ring is 1. The number of thiazole rings is 2. The van der Waals surface area contributed by atoms with Crippen molar-refractivity contribution in [3.8, 4) is 0 Å². The summed E-state index contributed by atoms with van der Waals surface area (Å²) in [5.74, 6) is -0.216. The van der Waals surface area contributed by atoms with Crippen LogP contribution in [0.2, 0.25) is 0 Å². The zero-order chi connectivity index (χ0) is 12.3. The van der Waals surface area contributed by atoms with Gasteiger partial charge in [0.25, 0.3) is 5.91 Å². The minimum absolute atomic E-state index is 0.216. The van der Waals surface area contributed by atoms with Crippen molar-refractivity contribution in [3.05, 3.63) is 27.2 Å². The first-order valence-corrected chi connectivity index (χ1v) is 6.81. The van der Waals surface area contributed by atoms with Gasteiger partial charge in [-0.05, 0) is 6.42 Å². The van der Waals surface area contributed by atoms with Crippen LogP contribution in [0, 0.1) is 0 Å². The van der Waals surface area contributed by atoms with E-state index in [-0.39, 0.29) is 5.91 Å². The molecule has 0 saturated carbocycles. The third kappa shape index (κ3) is 3.01. The monoisotopic (exact) mass is 268 g/mol. The summed E-state index contributed by atoms with van der Waals surface area (Å²) in [7, 11) is 0. The standard InChI is InChI=1S/C10H12N4OS2/c1-2-6-3-12-8(17-6)4-13-9(15)7-5-16-10(11)14-7/h3,5H,2,4H2,1H3,(H2,11,14)(H,13,15). The lowest BCUT2D eigenvalue weighted by Gasteiger charge is -1.99. The van der Waals surface area contributed by atoms with Gasteiger partial charge < -0.3 is 11.1 Å². The quantitative estimate of drug-likeness (QED) is 0.884. The van der Waals surface area contributed by atoms with Crippen LogP contribution in [0.4, 0.5) is 5.13 Å². The van der Waals surface area contributed by atoms with E-state index >= 15 is 0 Å². The van der Waals surface area contributed by atoms with E-state index in [0.717, 1.165) is 11.4 Å². The number of rotatable bonds is 4. The summed E-state index contributed by atoms with van der Waals surface area (Å²) in [4.78, 5) is 21.0. The second-order valence-corrected chi connectivity index (χ2v) is 5.42. The van der Waals surface area contributed by atoms with Crippen molar-refractivity contribution in [1.82, 2.24) is 15.3 Å². The first-order valence-electron chi connectivity index (χ1n) is 5.12. The fourth-order valence-corrected chi connectivity index (χ4v) is 2.58. The number of amides is 1. The van der Waals surface area contributed by atoms with Crippen LogP contribution in [-0.2, 0) is 13.0 Å². The van der Waals surface area contributed by atoms with Gasteiger partial charge in [-0.3, -0.25) is 4.79 Å². The Bertz CT molecular complexity index is 520. The van der Waals surface area contributed by atoms with Gasteiger partial charge in [-0.25, -0.2) is 9.97 Å². The Labute approximate surface area is 107 Å². The van der Waals surface area contributed by atoms with Crippen LogP contribution >= 0.6 is 22.7 Å². The summed E-state index contributed by atoms with van der Waals surface area (Å²) in [6.45, 7) is 2.51. The highest BCUT2D eigenvalue weighted by atomic mass is 32.1. The molecule has 3 N–H and O–H groups in total. The second-order valence-electron chi connectivity index (χ2n) is 3.33. The largest absolute Gasteiger partial charge is 0.375 e. The molecule has 0 saturated heterocycles. The van der Waals surface area contributed by atoms with E-state index in [1.807, 2.05) is 6.20 Å². The lowest BCUT2D eigenvalue weighted by Crippen LogP contribution is -2.23. The molecule has 90 valence electrons. The van der Waals surface area contributed by atoms with E-state index < -0.39 is 0 Å². The van der Waals surface area contributed by atoms with Gasteiger partial charge in [-0.15, -0.1) is 22.7 Å². The topological polar surface area (TPSA) is 80.9 Å². The molecule has 1 amide bonds. The maximum atomic E-state index is 11.7. The van der Waals surface area contributed by atoms with Crippen LogP contribution in [0.25, 0.3) is 0 Å². The third-order valence-electron chi connectivity index (χ3n) is 2.10. The minimum Gasteiger partial charge on any atom is -0.375 e. The molecule has 2 rings (SSSR count). The molecule has 2 aromatic rings. The maximum Gasteiger partial charge on any atom is 0.271 e. The van der Waals surface area contributed by atoms with Gasteiger partial charge >= 0.3 is 0 Å². The molecule has 0 spiro atoms. The van der Waals surface area contributed by atoms with Crippen LogP contribution in [-0.4, -0.2) is 15.9 Å². The van der Waals surface area contributed by atoms with Gasteiger partial charge in [0.2, 0.25) is 0 Å². The Kier molecular flexibility index (Phi) is 3.70. The maximum absolute atomic E-state index is 11.7. The average molecular weight is 268 g/mol. The van der Waals surface area contributed by atoms with Crippen molar-refractivity contribution in [2.45, 2.75) is 19.9 Å². The van der Waals surface area contributed by atoms with E-state index in [4.69, 9.17) is 5.73 Å². The number of aryl methyl sites for hydroxylation is 1. The van der Waals surface area contributed by atoms with Crippen LogP contribution in [0.5, 0.6) is 0 Å². The Balaban J connectivity index is 1.92. The third-order valence-corrected chi connectivity index (χ3v) is 3.92. The second kappa shape index (κ2) is 5.24. The van der Waals surface area contributed by atoms with Gasteiger partial charge in [0, 0.05) is 16.5 Å². The van der Waals surface area contributed by atoms with Crippen LogP contribution in [0.15, 0.2) is 11.6 Å². The molecule has 2 heterocycles. The molecule has 0 atom stereocenters. The summed E-state index contributed by atoms with van der Waals surface area (Å²) in [6.07, 6.45) is 2.81. The van der Waals surface area contributed by atoms with Gasteiger partial charge in [0.05, 0.1) is 6.54 Å². The molecule has 0 aliphatic rings. The molecule has 7 heteroatoms. The highest BCUT2D eigenvalue weighted by Gasteiger charge is 2.10. The molecule has 0 unspecified atom stereocenters. The predicted octanol–water partition coefficient (Wildman–Crippen LogP) is 1.67. The van der Waals surface area contributed by atoms with Crippen molar-refractivity contribution < 1.29 is 4.79 Å². The number of hydrogen-bond donors (Lipinski definition) is 2. The molecule has 0 aromatic carbocycles. The van der Waals surface area contributed by atoms with E-state index in [1.54, 1.807) is 16.7 Å². The number of carbonyl (C=O) groups excluding carboxylic acids is 1. The van der Waals surface area contributed by atoms with Crippen molar-refractivity contribution in [1.29, 1.82) is 0 Å². The Morgan fingerprint density at radius 2 is 2.41 bits per heavy atom. The number of nitrogens with two attached hydrogens (primary N) is 1. The smallest absolute Gasteiger partial charge is 0.271 e. The fraction of sp³-hybridized carbons (Fsp3) is 0.300. The van der Waals surface area contributed by atoms with Crippen molar-refractivity contribution in [3.63, 3.8) is 0 Å². The Morgan fingerprint density at radius 1 is 1.59 bits per heavy atom. The summed E-state index contributed by atoms with van der Waals surface area (Å²) in [5.41, 5.74) is 5.82. The highest BCUT2D eigenvalue weighted by Crippen LogP contribution is 2.14. The van der Waals surface area contributed by atoms with Crippen molar-refractivity contribution in [2.24, 2.45) is 0 Å². The molecule has 0 aliphatic carbocycles.